The molecule has 0 spiro atoms. The Morgan fingerprint density at radius 3 is 2.32 bits per heavy atom. The van der Waals surface area contributed by atoms with Crippen molar-refractivity contribution in [2.24, 2.45) is 11.8 Å². The van der Waals surface area contributed by atoms with Crippen LogP contribution in [-0.4, -0.2) is 17.0 Å². The molecule has 2 N–H and O–H groups in total. The van der Waals surface area contributed by atoms with E-state index in [1.54, 1.807) is 6.07 Å². The molecule has 0 saturated heterocycles. The summed E-state index contributed by atoms with van der Waals surface area (Å²) in [5.74, 6) is -1.41. The second-order valence-electron chi connectivity index (χ2n) is 7.85. The molecule has 0 bridgehead atoms. The average Bonchev–Trinajstić information content (AvgIpc) is 3.30. The zero-order valence-corrected chi connectivity index (χ0v) is 17.2. The summed E-state index contributed by atoms with van der Waals surface area (Å²) in [5.41, 5.74) is 3.86. The molecule has 1 fully saturated rings. The molecule has 31 heavy (non-hydrogen) atoms. The molecule has 5 nitrogen and oxygen atoms in total. The number of rotatable bonds is 7. The molecule has 158 valence electrons. The highest BCUT2D eigenvalue weighted by Gasteiger charge is 2.37. The van der Waals surface area contributed by atoms with Gasteiger partial charge in [0.05, 0.1) is 11.8 Å². The molecule has 5 heteroatoms. The minimum Gasteiger partial charge on any atom is -0.489 e. The second-order valence-corrected chi connectivity index (χ2v) is 7.85. The Morgan fingerprint density at radius 1 is 0.871 bits per heavy atom. The molecule has 1 unspecified atom stereocenters. The number of ether oxygens (including phenoxy) is 1. The molecular formula is C26H25NO4. The molecule has 4 rings (SSSR count). The number of hydrogen-bond acceptors (Lipinski definition) is 3. The molecule has 0 aliphatic heterocycles. The van der Waals surface area contributed by atoms with Crippen LogP contribution in [0.15, 0.2) is 78.9 Å². The second kappa shape index (κ2) is 9.47. The Kier molecular flexibility index (Phi) is 6.32. The number of anilines is 1. The molecule has 1 aliphatic carbocycles. The topological polar surface area (TPSA) is 75.6 Å². The quantitative estimate of drug-likeness (QED) is 0.544. The minimum absolute atomic E-state index is 0.223. The van der Waals surface area contributed by atoms with Crippen molar-refractivity contribution < 1.29 is 19.4 Å². The van der Waals surface area contributed by atoms with Crippen LogP contribution in [0.3, 0.4) is 0 Å². The van der Waals surface area contributed by atoms with Crippen LogP contribution in [0.25, 0.3) is 11.1 Å². The molecule has 3 aromatic carbocycles. The predicted octanol–water partition coefficient (Wildman–Crippen LogP) is 5.37. The molecular weight excluding hydrogens is 390 g/mol. The summed E-state index contributed by atoms with van der Waals surface area (Å²) >= 11 is 0. The van der Waals surface area contributed by atoms with E-state index < -0.39 is 17.8 Å². The third kappa shape index (κ3) is 5.12. The summed E-state index contributed by atoms with van der Waals surface area (Å²) in [6.45, 7) is 0.371. The van der Waals surface area contributed by atoms with E-state index in [1.165, 1.54) is 0 Å². The highest BCUT2D eigenvalue weighted by atomic mass is 16.5. The fourth-order valence-corrected chi connectivity index (χ4v) is 4.08. The van der Waals surface area contributed by atoms with Crippen molar-refractivity contribution in [1.29, 1.82) is 0 Å². The van der Waals surface area contributed by atoms with E-state index in [9.17, 15) is 14.7 Å². The Morgan fingerprint density at radius 2 is 1.58 bits per heavy atom. The van der Waals surface area contributed by atoms with Crippen LogP contribution in [0.1, 0.15) is 24.8 Å². The smallest absolute Gasteiger partial charge is 0.307 e. The first-order valence-corrected chi connectivity index (χ1v) is 10.5. The Balaban J connectivity index is 1.35. The van der Waals surface area contributed by atoms with Crippen molar-refractivity contribution >= 4 is 17.6 Å². The van der Waals surface area contributed by atoms with Crippen LogP contribution < -0.4 is 10.1 Å². The van der Waals surface area contributed by atoms with Crippen molar-refractivity contribution in [1.82, 2.24) is 0 Å². The molecule has 1 amide bonds. The van der Waals surface area contributed by atoms with Gasteiger partial charge in [0.1, 0.15) is 12.4 Å². The normalized spacial score (nSPS) is 17.8. The number of carbonyl (C=O) groups is 2. The SMILES string of the molecule is O=C(O)C1CCC[C@@H]1C(=O)Nc1cccc(COc2ccc(-c3ccccc3)cc2)c1. The maximum absolute atomic E-state index is 12.6. The number of nitrogens with one attached hydrogen (secondary N) is 1. The van der Waals surface area contributed by atoms with Crippen LogP contribution in [0.2, 0.25) is 0 Å². The first-order valence-electron chi connectivity index (χ1n) is 10.5. The summed E-state index contributed by atoms with van der Waals surface area (Å²) in [6.07, 6.45) is 1.95. The first-order chi connectivity index (χ1) is 15.1. The van der Waals surface area contributed by atoms with E-state index in [2.05, 4.69) is 17.4 Å². The Hall–Kier alpha value is -3.60. The highest BCUT2D eigenvalue weighted by molar-refractivity contribution is 5.95. The number of aliphatic carboxylic acids is 1. The molecule has 1 saturated carbocycles. The van der Waals surface area contributed by atoms with Gasteiger partial charge in [-0.3, -0.25) is 9.59 Å². The van der Waals surface area contributed by atoms with Crippen molar-refractivity contribution in [3.63, 3.8) is 0 Å². The van der Waals surface area contributed by atoms with Gasteiger partial charge in [-0.05, 0) is 53.8 Å². The van der Waals surface area contributed by atoms with Gasteiger partial charge in [-0.25, -0.2) is 0 Å². The van der Waals surface area contributed by atoms with Crippen LogP contribution >= 0.6 is 0 Å². The number of carboxylic acid groups (broad SMARTS) is 1. The lowest BCUT2D eigenvalue weighted by atomic mass is 9.95. The largest absolute Gasteiger partial charge is 0.489 e. The zero-order chi connectivity index (χ0) is 21.6. The summed E-state index contributed by atoms with van der Waals surface area (Å²) < 4.78 is 5.90. The summed E-state index contributed by atoms with van der Waals surface area (Å²) in [4.78, 5) is 23.9. The predicted molar refractivity (Wildman–Crippen MR) is 120 cm³/mol. The summed E-state index contributed by atoms with van der Waals surface area (Å²) in [5, 5.41) is 12.2. The molecule has 1 aliphatic rings. The van der Waals surface area contributed by atoms with Gasteiger partial charge in [0.15, 0.2) is 0 Å². The lowest BCUT2D eigenvalue weighted by molar-refractivity contribution is -0.145. The number of carbonyl (C=O) groups excluding carboxylic acids is 1. The fraction of sp³-hybridized carbons (Fsp3) is 0.231. The van der Waals surface area contributed by atoms with Gasteiger partial charge in [0.2, 0.25) is 5.91 Å². The maximum atomic E-state index is 12.6. The third-order valence-corrected chi connectivity index (χ3v) is 5.73. The Labute approximate surface area is 181 Å². The monoisotopic (exact) mass is 415 g/mol. The van der Waals surface area contributed by atoms with Gasteiger partial charge in [-0.2, -0.15) is 0 Å². The van der Waals surface area contributed by atoms with E-state index >= 15 is 0 Å². The lowest BCUT2D eigenvalue weighted by Crippen LogP contribution is -2.30. The summed E-state index contributed by atoms with van der Waals surface area (Å²) in [7, 11) is 0. The molecule has 0 aromatic heterocycles. The van der Waals surface area contributed by atoms with Crippen LogP contribution in [0.5, 0.6) is 5.75 Å². The van der Waals surface area contributed by atoms with E-state index in [4.69, 9.17) is 4.74 Å². The summed E-state index contributed by atoms with van der Waals surface area (Å²) in [6, 6.07) is 25.6. The van der Waals surface area contributed by atoms with E-state index in [0.29, 0.717) is 25.1 Å². The zero-order valence-electron chi connectivity index (χ0n) is 17.2. The van der Waals surface area contributed by atoms with Gasteiger partial charge in [0, 0.05) is 5.69 Å². The number of carboxylic acids is 1. The fourth-order valence-electron chi connectivity index (χ4n) is 4.08. The standard InChI is InChI=1S/C26H25NO4/c28-25(23-10-5-11-24(23)26(29)30)27-21-9-4-6-18(16-21)17-31-22-14-12-20(13-15-22)19-7-2-1-3-8-19/h1-4,6-9,12-16,23-24H,5,10-11,17H2,(H,27,28)(H,29,30)/t23-,24?/m0/s1. The van der Waals surface area contributed by atoms with Crippen molar-refractivity contribution in [2.45, 2.75) is 25.9 Å². The molecule has 0 heterocycles. The van der Waals surface area contributed by atoms with E-state index in [-0.39, 0.29) is 5.91 Å². The van der Waals surface area contributed by atoms with Gasteiger partial charge < -0.3 is 15.2 Å². The maximum Gasteiger partial charge on any atom is 0.307 e. The third-order valence-electron chi connectivity index (χ3n) is 5.73. The van der Waals surface area contributed by atoms with Crippen LogP contribution in [-0.2, 0) is 16.2 Å². The van der Waals surface area contributed by atoms with Gasteiger partial charge in [-0.15, -0.1) is 0 Å². The first kappa shape index (κ1) is 20.7. The molecule has 2 atom stereocenters. The van der Waals surface area contributed by atoms with Crippen molar-refractivity contribution in [2.75, 3.05) is 5.32 Å². The minimum atomic E-state index is -0.891. The van der Waals surface area contributed by atoms with Gasteiger partial charge in [0.25, 0.3) is 0 Å². The number of benzene rings is 3. The van der Waals surface area contributed by atoms with Crippen LogP contribution in [0, 0.1) is 11.8 Å². The average molecular weight is 415 g/mol. The lowest BCUT2D eigenvalue weighted by Gasteiger charge is -2.16. The number of amides is 1. The number of hydrogen-bond donors (Lipinski definition) is 2. The van der Waals surface area contributed by atoms with Gasteiger partial charge >= 0.3 is 5.97 Å². The van der Waals surface area contributed by atoms with Crippen molar-refractivity contribution in [3.8, 4) is 16.9 Å². The molecule has 0 radical (unpaired) electrons. The Bertz CT molecular complexity index is 1050. The van der Waals surface area contributed by atoms with Crippen LogP contribution in [0.4, 0.5) is 5.69 Å². The van der Waals surface area contributed by atoms with Crippen molar-refractivity contribution in [3.05, 3.63) is 84.4 Å². The van der Waals surface area contributed by atoms with E-state index in [1.807, 2.05) is 60.7 Å². The van der Waals surface area contributed by atoms with Gasteiger partial charge in [-0.1, -0.05) is 61.0 Å². The highest BCUT2D eigenvalue weighted by Crippen LogP contribution is 2.33. The van der Waals surface area contributed by atoms with E-state index in [0.717, 1.165) is 28.9 Å². The molecule has 3 aromatic rings.